The van der Waals surface area contributed by atoms with Crippen molar-refractivity contribution < 1.29 is 31.1 Å². The van der Waals surface area contributed by atoms with E-state index in [-0.39, 0.29) is 40.7 Å². The Morgan fingerprint density at radius 1 is 0.814 bits per heavy atom. The Morgan fingerprint density at radius 2 is 1.42 bits per heavy atom. The van der Waals surface area contributed by atoms with Crippen LogP contribution in [0.15, 0.2) is 113 Å². The lowest BCUT2D eigenvalue weighted by Crippen LogP contribution is -2.40. The van der Waals surface area contributed by atoms with Gasteiger partial charge in [-0.1, -0.05) is 42.5 Å². The van der Waals surface area contributed by atoms with Crippen LogP contribution in [0, 0.1) is 0 Å². The molecule has 0 aromatic heterocycles. The molecule has 0 aliphatic carbocycles. The Kier molecular flexibility index (Phi) is 9.11. The zero-order chi connectivity index (χ0) is 30.5. The van der Waals surface area contributed by atoms with Crippen LogP contribution in [0.3, 0.4) is 0 Å². The van der Waals surface area contributed by atoms with Gasteiger partial charge in [-0.2, -0.15) is 4.31 Å². The van der Waals surface area contributed by atoms with Gasteiger partial charge < -0.3 is 14.8 Å². The second kappa shape index (κ2) is 13.0. The standard InChI is InChI=1S/C31H31N3O7S2/c1-40-26-13-17-28(18-14-26)43(38,39)34(23-24-7-3-2-4-8-24)30-10-6-5-9-29(30)31(35)32-25-11-15-27(16-12-25)42(36,37)33-19-21-41-22-20-33/h2-18H,19-23H2,1H3,(H,32,35). The summed E-state index contributed by atoms with van der Waals surface area (Å²) < 4.78 is 67.0. The van der Waals surface area contributed by atoms with Crippen LogP contribution in [0.2, 0.25) is 0 Å². The molecule has 4 aromatic carbocycles. The summed E-state index contributed by atoms with van der Waals surface area (Å²) >= 11 is 0. The van der Waals surface area contributed by atoms with E-state index in [0.717, 1.165) is 5.56 Å². The van der Waals surface area contributed by atoms with Gasteiger partial charge >= 0.3 is 0 Å². The highest BCUT2D eigenvalue weighted by Crippen LogP contribution is 2.31. The van der Waals surface area contributed by atoms with Crippen molar-refractivity contribution in [2.75, 3.05) is 43.0 Å². The van der Waals surface area contributed by atoms with Crippen LogP contribution in [0.4, 0.5) is 11.4 Å². The molecule has 1 amide bonds. The van der Waals surface area contributed by atoms with E-state index in [1.165, 1.54) is 52.1 Å². The van der Waals surface area contributed by atoms with Crippen molar-refractivity contribution in [3.63, 3.8) is 0 Å². The van der Waals surface area contributed by atoms with E-state index in [9.17, 15) is 21.6 Å². The molecule has 12 heteroatoms. The van der Waals surface area contributed by atoms with Gasteiger partial charge in [-0.25, -0.2) is 16.8 Å². The number of ether oxygens (including phenoxy) is 2. The predicted molar refractivity (Wildman–Crippen MR) is 163 cm³/mol. The Bertz CT molecular complexity index is 1770. The van der Waals surface area contributed by atoms with Gasteiger partial charge in [0.25, 0.3) is 15.9 Å². The summed E-state index contributed by atoms with van der Waals surface area (Å²) in [6, 6.07) is 27.5. The maximum absolute atomic E-state index is 14.0. The number of morpholine rings is 1. The van der Waals surface area contributed by atoms with Gasteiger partial charge in [0.15, 0.2) is 0 Å². The molecule has 1 N–H and O–H groups in total. The van der Waals surface area contributed by atoms with Crippen molar-refractivity contribution >= 4 is 37.3 Å². The van der Waals surface area contributed by atoms with Crippen molar-refractivity contribution in [2.24, 2.45) is 0 Å². The maximum Gasteiger partial charge on any atom is 0.264 e. The third-order valence-corrected chi connectivity index (χ3v) is 10.6. The Hall–Kier alpha value is -4.23. The fraction of sp³-hybridized carbons (Fsp3) is 0.194. The van der Waals surface area contributed by atoms with Gasteiger partial charge in [0.05, 0.1) is 47.9 Å². The first kappa shape index (κ1) is 30.2. The first-order chi connectivity index (χ1) is 20.7. The number of carbonyl (C=O) groups excluding carboxylic acids is 1. The van der Waals surface area contributed by atoms with Crippen LogP contribution in [0.25, 0.3) is 0 Å². The number of para-hydroxylation sites is 1. The third-order valence-electron chi connectivity index (χ3n) is 6.95. The van der Waals surface area contributed by atoms with Gasteiger partial charge in [-0.05, 0) is 66.2 Å². The van der Waals surface area contributed by atoms with Crippen molar-refractivity contribution in [2.45, 2.75) is 16.3 Å². The van der Waals surface area contributed by atoms with E-state index in [4.69, 9.17) is 9.47 Å². The van der Waals surface area contributed by atoms with Gasteiger partial charge in [-0.3, -0.25) is 9.10 Å². The third kappa shape index (κ3) is 6.73. The number of nitrogens with zero attached hydrogens (tertiary/aromatic N) is 2. The number of carbonyl (C=O) groups is 1. The number of hydrogen-bond acceptors (Lipinski definition) is 7. The van der Waals surface area contributed by atoms with Crippen molar-refractivity contribution in [3.05, 3.63) is 114 Å². The van der Waals surface area contributed by atoms with Gasteiger partial charge in [0, 0.05) is 18.8 Å². The largest absolute Gasteiger partial charge is 0.497 e. The molecule has 0 unspecified atom stereocenters. The van der Waals surface area contributed by atoms with E-state index in [1.54, 1.807) is 36.4 Å². The number of benzene rings is 4. The molecule has 10 nitrogen and oxygen atoms in total. The van der Waals surface area contributed by atoms with Gasteiger partial charge in [0.2, 0.25) is 10.0 Å². The molecule has 1 heterocycles. The summed E-state index contributed by atoms with van der Waals surface area (Å²) in [5.74, 6) is -0.0421. The molecular weight excluding hydrogens is 590 g/mol. The zero-order valence-electron chi connectivity index (χ0n) is 23.4. The van der Waals surface area contributed by atoms with Crippen LogP contribution < -0.4 is 14.4 Å². The lowest BCUT2D eigenvalue weighted by molar-refractivity contribution is 0.0730. The number of sulfonamides is 2. The van der Waals surface area contributed by atoms with Crippen LogP contribution in [0.1, 0.15) is 15.9 Å². The first-order valence-corrected chi connectivity index (χ1v) is 16.4. The quantitative estimate of drug-likeness (QED) is 0.279. The Balaban J connectivity index is 1.45. The fourth-order valence-corrected chi connectivity index (χ4v) is 7.53. The number of anilines is 2. The van der Waals surface area contributed by atoms with Crippen molar-refractivity contribution in [1.82, 2.24) is 4.31 Å². The minimum atomic E-state index is -4.12. The number of hydrogen-bond donors (Lipinski definition) is 1. The molecule has 1 fully saturated rings. The maximum atomic E-state index is 14.0. The van der Waals surface area contributed by atoms with Gasteiger partial charge in [0.1, 0.15) is 5.75 Å². The van der Waals surface area contributed by atoms with Gasteiger partial charge in [-0.15, -0.1) is 0 Å². The van der Waals surface area contributed by atoms with Crippen LogP contribution >= 0.6 is 0 Å². The highest BCUT2D eigenvalue weighted by molar-refractivity contribution is 7.92. The Labute approximate surface area is 251 Å². The van der Waals surface area contributed by atoms with Crippen molar-refractivity contribution in [1.29, 1.82) is 0 Å². The van der Waals surface area contributed by atoms with E-state index >= 15 is 0 Å². The number of rotatable bonds is 10. The number of methoxy groups -OCH3 is 1. The van der Waals surface area contributed by atoms with E-state index in [1.807, 2.05) is 30.3 Å². The molecule has 1 aliphatic heterocycles. The van der Waals surface area contributed by atoms with Crippen molar-refractivity contribution in [3.8, 4) is 5.75 Å². The molecule has 0 atom stereocenters. The van der Waals surface area contributed by atoms with Crippen LogP contribution in [0.5, 0.6) is 5.75 Å². The topological polar surface area (TPSA) is 122 Å². The second-order valence-electron chi connectivity index (χ2n) is 9.68. The zero-order valence-corrected chi connectivity index (χ0v) is 25.1. The smallest absolute Gasteiger partial charge is 0.264 e. The molecule has 0 spiro atoms. The summed E-state index contributed by atoms with van der Waals surface area (Å²) in [5, 5.41) is 2.78. The molecule has 0 saturated carbocycles. The molecule has 1 aliphatic rings. The van der Waals surface area contributed by atoms with E-state index in [0.29, 0.717) is 24.7 Å². The van der Waals surface area contributed by atoms with Crippen LogP contribution in [-0.2, 0) is 31.3 Å². The highest BCUT2D eigenvalue weighted by Gasteiger charge is 2.29. The lowest BCUT2D eigenvalue weighted by Gasteiger charge is -2.27. The average molecular weight is 622 g/mol. The molecule has 1 saturated heterocycles. The molecule has 5 rings (SSSR count). The second-order valence-corrected chi connectivity index (χ2v) is 13.5. The first-order valence-electron chi connectivity index (χ1n) is 13.5. The van der Waals surface area contributed by atoms with E-state index < -0.39 is 26.0 Å². The summed E-state index contributed by atoms with van der Waals surface area (Å²) in [7, 11) is -6.32. The summed E-state index contributed by atoms with van der Waals surface area (Å²) in [6.07, 6.45) is 0. The monoisotopic (exact) mass is 621 g/mol. The lowest BCUT2D eigenvalue weighted by atomic mass is 10.1. The molecule has 43 heavy (non-hydrogen) atoms. The predicted octanol–water partition coefficient (Wildman–Crippen LogP) is 4.36. The highest BCUT2D eigenvalue weighted by atomic mass is 32.2. The number of nitrogens with one attached hydrogen (secondary N) is 1. The normalized spacial score (nSPS) is 14.2. The molecule has 0 radical (unpaired) electrons. The SMILES string of the molecule is COc1ccc(S(=O)(=O)N(Cc2ccccc2)c2ccccc2C(=O)Nc2ccc(S(=O)(=O)N3CCOCC3)cc2)cc1. The molecule has 0 bridgehead atoms. The van der Waals surface area contributed by atoms with Crippen LogP contribution in [-0.4, -0.2) is 60.5 Å². The fourth-order valence-electron chi connectivity index (χ4n) is 4.65. The molecular formula is C31H31N3O7S2. The summed E-state index contributed by atoms with van der Waals surface area (Å²) in [5.41, 5.74) is 1.40. The molecule has 4 aromatic rings. The number of amides is 1. The summed E-state index contributed by atoms with van der Waals surface area (Å²) in [6.45, 7) is 1.20. The summed E-state index contributed by atoms with van der Waals surface area (Å²) in [4.78, 5) is 13.7. The minimum absolute atomic E-state index is 0.0202. The van der Waals surface area contributed by atoms with E-state index in [2.05, 4.69) is 5.32 Å². The Morgan fingerprint density at radius 3 is 2.07 bits per heavy atom. The minimum Gasteiger partial charge on any atom is -0.497 e. The molecule has 224 valence electrons. The average Bonchev–Trinajstić information content (AvgIpc) is 3.04.